The van der Waals surface area contributed by atoms with Crippen LogP contribution in [0, 0.1) is 0 Å². The van der Waals surface area contributed by atoms with Crippen LogP contribution in [0.1, 0.15) is 24.8 Å². The minimum Gasteiger partial charge on any atom is -0.378 e. The molecule has 2 aromatic heterocycles. The van der Waals surface area contributed by atoms with Crippen molar-refractivity contribution in [1.29, 1.82) is 0 Å². The molecule has 2 aromatic rings. The number of nitrogens with zero attached hydrogens (tertiary/aromatic N) is 3. The minimum absolute atomic E-state index is 0.0260. The summed E-state index contributed by atoms with van der Waals surface area (Å²) < 4.78 is 7.14. The molecule has 0 spiro atoms. The number of rotatable bonds is 5. The quantitative estimate of drug-likeness (QED) is 0.903. The molecule has 1 atom stereocenters. The summed E-state index contributed by atoms with van der Waals surface area (Å²) in [6.07, 6.45) is 7.86. The van der Waals surface area contributed by atoms with Crippen LogP contribution in [0.25, 0.3) is 5.82 Å². The van der Waals surface area contributed by atoms with Crippen molar-refractivity contribution in [3.05, 3.63) is 42.4 Å². The normalized spacial score (nSPS) is 17.8. The van der Waals surface area contributed by atoms with Crippen molar-refractivity contribution in [2.75, 3.05) is 6.61 Å². The molecule has 1 aliphatic heterocycles. The predicted octanol–water partition coefficient (Wildman–Crippen LogP) is 1.45. The van der Waals surface area contributed by atoms with Gasteiger partial charge in [-0.15, -0.1) is 0 Å². The maximum atomic E-state index is 11.8. The highest BCUT2D eigenvalue weighted by Crippen LogP contribution is 2.15. The molecule has 1 saturated heterocycles. The molecule has 3 heterocycles. The molecule has 1 amide bonds. The third-order valence-corrected chi connectivity index (χ3v) is 3.47. The zero-order valence-electron chi connectivity index (χ0n) is 11.7. The summed E-state index contributed by atoms with van der Waals surface area (Å²) in [5, 5.41) is 7.02. The first kappa shape index (κ1) is 13.8. The summed E-state index contributed by atoms with van der Waals surface area (Å²) >= 11 is 0. The zero-order valence-corrected chi connectivity index (χ0v) is 11.7. The lowest BCUT2D eigenvalue weighted by Crippen LogP contribution is -2.26. The molecule has 1 fully saturated rings. The lowest BCUT2D eigenvalue weighted by Gasteiger charge is -2.10. The van der Waals surface area contributed by atoms with Crippen molar-refractivity contribution in [1.82, 2.24) is 20.1 Å². The number of hydrogen-bond acceptors (Lipinski definition) is 4. The smallest absolute Gasteiger partial charge is 0.222 e. The zero-order chi connectivity index (χ0) is 14.5. The fourth-order valence-corrected chi connectivity index (χ4v) is 2.35. The molecule has 0 aromatic carbocycles. The van der Waals surface area contributed by atoms with Crippen LogP contribution < -0.4 is 5.32 Å². The van der Waals surface area contributed by atoms with E-state index in [1.807, 2.05) is 24.4 Å². The highest BCUT2D eigenvalue weighted by molar-refractivity contribution is 5.76. The molecule has 6 nitrogen and oxygen atoms in total. The fourth-order valence-electron chi connectivity index (χ4n) is 2.35. The standard InChI is InChI=1S/C15H18N4O2/c20-15(9-13-3-1-8-21-13)17-11-12-4-5-14(16-10-12)19-7-2-6-18-19/h2,4-7,10,13H,1,3,8-9,11H2,(H,17,20). The van der Waals surface area contributed by atoms with Gasteiger partial charge in [0.2, 0.25) is 5.91 Å². The van der Waals surface area contributed by atoms with Crippen molar-refractivity contribution in [3.8, 4) is 5.82 Å². The van der Waals surface area contributed by atoms with Gasteiger partial charge in [-0.2, -0.15) is 5.10 Å². The van der Waals surface area contributed by atoms with E-state index in [0.29, 0.717) is 13.0 Å². The van der Waals surface area contributed by atoms with Crippen LogP contribution in [-0.2, 0) is 16.1 Å². The molecule has 1 unspecified atom stereocenters. The van der Waals surface area contributed by atoms with Crippen molar-refractivity contribution in [2.45, 2.75) is 31.9 Å². The lowest BCUT2D eigenvalue weighted by molar-refractivity contribution is -0.123. The number of aromatic nitrogens is 3. The van der Waals surface area contributed by atoms with Gasteiger partial charge in [-0.3, -0.25) is 4.79 Å². The van der Waals surface area contributed by atoms with Gasteiger partial charge >= 0.3 is 0 Å². The summed E-state index contributed by atoms with van der Waals surface area (Å²) in [4.78, 5) is 16.1. The molecule has 0 aliphatic carbocycles. The molecular weight excluding hydrogens is 268 g/mol. The lowest BCUT2D eigenvalue weighted by atomic mass is 10.2. The molecule has 3 rings (SSSR count). The Morgan fingerprint density at radius 2 is 2.43 bits per heavy atom. The van der Waals surface area contributed by atoms with E-state index in [2.05, 4.69) is 15.4 Å². The number of hydrogen-bond donors (Lipinski definition) is 1. The maximum Gasteiger partial charge on any atom is 0.222 e. The molecule has 0 bridgehead atoms. The van der Waals surface area contributed by atoms with E-state index in [9.17, 15) is 4.79 Å². The van der Waals surface area contributed by atoms with Gasteiger partial charge in [0.1, 0.15) is 0 Å². The Morgan fingerprint density at radius 3 is 3.10 bits per heavy atom. The largest absolute Gasteiger partial charge is 0.378 e. The Morgan fingerprint density at radius 1 is 1.48 bits per heavy atom. The third-order valence-electron chi connectivity index (χ3n) is 3.47. The van der Waals surface area contributed by atoms with E-state index in [4.69, 9.17) is 4.74 Å². The van der Waals surface area contributed by atoms with Gasteiger partial charge in [0, 0.05) is 31.7 Å². The van der Waals surface area contributed by atoms with Crippen LogP contribution in [0.5, 0.6) is 0 Å². The summed E-state index contributed by atoms with van der Waals surface area (Å²) in [5.41, 5.74) is 0.964. The van der Waals surface area contributed by atoms with Gasteiger partial charge in [0.25, 0.3) is 0 Å². The van der Waals surface area contributed by atoms with E-state index in [1.165, 1.54) is 0 Å². The second-order valence-corrected chi connectivity index (χ2v) is 5.09. The van der Waals surface area contributed by atoms with Crippen LogP contribution >= 0.6 is 0 Å². The second-order valence-electron chi connectivity index (χ2n) is 5.09. The Labute approximate surface area is 123 Å². The first-order valence-electron chi connectivity index (χ1n) is 7.14. The van der Waals surface area contributed by atoms with Gasteiger partial charge < -0.3 is 10.1 Å². The van der Waals surface area contributed by atoms with Crippen molar-refractivity contribution in [3.63, 3.8) is 0 Å². The molecule has 1 aliphatic rings. The van der Waals surface area contributed by atoms with Crippen molar-refractivity contribution in [2.24, 2.45) is 0 Å². The van der Waals surface area contributed by atoms with Crippen LogP contribution in [-0.4, -0.2) is 33.4 Å². The van der Waals surface area contributed by atoms with Gasteiger partial charge in [-0.1, -0.05) is 6.07 Å². The summed E-state index contributed by atoms with van der Waals surface area (Å²) in [5.74, 6) is 0.785. The number of carbonyl (C=O) groups is 1. The van der Waals surface area contributed by atoms with Gasteiger partial charge in [0.15, 0.2) is 5.82 Å². The van der Waals surface area contributed by atoms with E-state index in [-0.39, 0.29) is 12.0 Å². The third kappa shape index (κ3) is 3.66. The Balaban J connectivity index is 1.50. The molecule has 110 valence electrons. The Hall–Kier alpha value is -2.21. The van der Waals surface area contributed by atoms with Gasteiger partial charge in [-0.05, 0) is 30.5 Å². The maximum absolute atomic E-state index is 11.8. The first-order valence-corrected chi connectivity index (χ1v) is 7.14. The average Bonchev–Trinajstić information content (AvgIpc) is 3.19. The minimum atomic E-state index is 0.0260. The molecule has 0 radical (unpaired) electrons. The first-order chi connectivity index (χ1) is 10.3. The summed E-state index contributed by atoms with van der Waals surface area (Å²) in [6, 6.07) is 5.67. The van der Waals surface area contributed by atoms with Crippen LogP contribution in [0.2, 0.25) is 0 Å². The average molecular weight is 286 g/mol. The van der Waals surface area contributed by atoms with E-state index >= 15 is 0 Å². The van der Waals surface area contributed by atoms with Gasteiger partial charge in [0.05, 0.1) is 12.5 Å². The van der Waals surface area contributed by atoms with Crippen LogP contribution in [0.15, 0.2) is 36.8 Å². The number of carbonyl (C=O) groups excluding carboxylic acids is 1. The number of nitrogens with one attached hydrogen (secondary N) is 1. The number of ether oxygens (including phenoxy) is 1. The molecule has 6 heteroatoms. The molecule has 0 saturated carbocycles. The molecular formula is C15H18N4O2. The molecule has 1 N–H and O–H groups in total. The van der Waals surface area contributed by atoms with E-state index in [0.717, 1.165) is 30.8 Å². The fraction of sp³-hybridized carbons (Fsp3) is 0.400. The highest BCUT2D eigenvalue weighted by Gasteiger charge is 2.18. The van der Waals surface area contributed by atoms with Crippen LogP contribution in [0.4, 0.5) is 0 Å². The topological polar surface area (TPSA) is 69.0 Å². The number of amides is 1. The van der Waals surface area contributed by atoms with E-state index in [1.54, 1.807) is 17.1 Å². The molecule has 21 heavy (non-hydrogen) atoms. The Kier molecular flexibility index (Phi) is 4.25. The van der Waals surface area contributed by atoms with Gasteiger partial charge in [-0.25, -0.2) is 9.67 Å². The predicted molar refractivity (Wildman–Crippen MR) is 76.8 cm³/mol. The van der Waals surface area contributed by atoms with Crippen molar-refractivity contribution >= 4 is 5.91 Å². The second kappa shape index (κ2) is 6.49. The number of pyridine rings is 1. The van der Waals surface area contributed by atoms with Crippen molar-refractivity contribution < 1.29 is 9.53 Å². The monoisotopic (exact) mass is 286 g/mol. The van der Waals surface area contributed by atoms with Crippen LogP contribution in [0.3, 0.4) is 0 Å². The summed E-state index contributed by atoms with van der Waals surface area (Å²) in [6.45, 7) is 1.26. The Bertz CT molecular complexity index is 574. The SMILES string of the molecule is O=C(CC1CCCO1)NCc1ccc(-n2cccn2)nc1. The van der Waals surface area contributed by atoms with E-state index < -0.39 is 0 Å². The summed E-state index contributed by atoms with van der Waals surface area (Å²) in [7, 11) is 0. The highest BCUT2D eigenvalue weighted by atomic mass is 16.5.